The van der Waals surface area contributed by atoms with E-state index in [4.69, 9.17) is 18.9 Å². The number of hydrogen-bond donors (Lipinski definition) is 2. The minimum atomic E-state index is -0.705. The van der Waals surface area contributed by atoms with Crippen LogP contribution in [0, 0.1) is 29.1 Å². The maximum absolute atomic E-state index is 11.8. The number of nitrogens with zero attached hydrogens (tertiary/aromatic N) is 1. The Morgan fingerprint density at radius 1 is 1.14 bits per heavy atom. The third-order valence-corrected chi connectivity index (χ3v) is 11.3. The smallest absolute Gasteiger partial charge is 0.148 e. The minimum absolute atomic E-state index is 0.0184. The lowest BCUT2D eigenvalue weighted by Gasteiger charge is -2.67. The second kappa shape index (κ2) is 4.72. The summed E-state index contributed by atoms with van der Waals surface area (Å²) in [7, 11) is 1.76. The van der Waals surface area contributed by atoms with Crippen LogP contribution in [0.4, 0.5) is 0 Å². The van der Waals surface area contributed by atoms with Crippen LogP contribution in [0.2, 0.25) is 0 Å². The molecule has 7 heteroatoms. The zero-order valence-electron chi connectivity index (χ0n) is 17.1. The molecule has 5 saturated carbocycles. The van der Waals surface area contributed by atoms with Crippen molar-refractivity contribution >= 4 is 0 Å². The normalized spacial score (nSPS) is 70.6. The van der Waals surface area contributed by atoms with Gasteiger partial charge in [-0.3, -0.25) is 4.90 Å². The predicted octanol–water partition coefficient (Wildman–Crippen LogP) is 0.126. The Hall–Kier alpha value is -0.280. The zero-order chi connectivity index (χ0) is 19.6. The van der Waals surface area contributed by atoms with Gasteiger partial charge in [0.1, 0.15) is 23.6 Å². The first-order valence-electron chi connectivity index (χ1n) is 11.6. The van der Waals surface area contributed by atoms with E-state index < -0.39 is 23.4 Å². The zero-order valence-corrected chi connectivity index (χ0v) is 17.1. The number of fused-ring (bicyclic) bond motifs is 1. The molecule has 3 heterocycles. The van der Waals surface area contributed by atoms with Crippen molar-refractivity contribution < 1.29 is 29.2 Å². The number of hydrogen-bond acceptors (Lipinski definition) is 7. The average Bonchev–Trinajstić information content (AvgIpc) is 3.03. The Labute approximate surface area is 170 Å². The summed E-state index contributed by atoms with van der Waals surface area (Å²) >= 11 is 0. The van der Waals surface area contributed by atoms with Gasteiger partial charge in [0, 0.05) is 61.6 Å². The van der Waals surface area contributed by atoms with Gasteiger partial charge in [0.25, 0.3) is 0 Å². The van der Waals surface area contributed by atoms with Crippen LogP contribution in [0.15, 0.2) is 0 Å². The highest BCUT2D eigenvalue weighted by molar-refractivity contribution is 5.42. The molecular formula is C22H31NO6. The number of ether oxygens (including phenoxy) is 4. The molecule has 7 nitrogen and oxygen atoms in total. The van der Waals surface area contributed by atoms with Crippen LogP contribution in [0.5, 0.6) is 0 Å². The van der Waals surface area contributed by atoms with Crippen LogP contribution in [0.1, 0.15) is 32.6 Å². The fourth-order valence-corrected chi connectivity index (χ4v) is 10.8. The maximum Gasteiger partial charge on any atom is 0.148 e. The van der Waals surface area contributed by atoms with E-state index in [2.05, 4.69) is 11.8 Å². The molecule has 13 unspecified atom stereocenters. The predicted molar refractivity (Wildman–Crippen MR) is 98.8 cm³/mol. The molecule has 160 valence electrons. The summed E-state index contributed by atoms with van der Waals surface area (Å²) in [6.07, 6.45) is 2.53. The number of aliphatic hydroxyl groups excluding tert-OH is 2. The standard InChI is InChI=1S/C22H31NO6/c1-3-23-8-19-13-5-11-17(23)21(13,15(24)6-16(19)29-19)14-4-10-12(26-2)7-20(11)22(14,18(10)25)28-9-27-20/h10-18,24-25H,3-9H2,1-2H3. The van der Waals surface area contributed by atoms with Gasteiger partial charge in [-0.15, -0.1) is 0 Å². The lowest BCUT2D eigenvalue weighted by molar-refractivity contribution is -0.280. The average molecular weight is 405 g/mol. The van der Waals surface area contributed by atoms with Crippen molar-refractivity contribution in [1.82, 2.24) is 4.90 Å². The molecule has 7 bridgehead atoms. The van der Waals surface area contributed by atoms with E-state index in [-0.39, 0.29) is 53.8 Å². The minimum Gasteiger partial charge on any atom is -0.392 e. The third kappa shape index (κ3) is 1.37. The Kier molecular flexibility index (Phi) is 2.82. The molecule has 29 heavy (non-hydrogen) atoms. The van der Waals surface area contributed by atoms with Crippen molar-refractivity contribution in [2.75, 3.05) is 27.0 Å². The van der Waals surface area contributed by atoms with E-state index in [9.17, 15) is 10.2 Å². The number of epoxide rings is 1. The Morgan fingerprint density at radius 2 is 2.00 bits per heavy atom. The molecule has 8 rings (SSSR count). The summed E-state index contributed by atoms with van der Waals surface area (Å²) < 4.78 is 25.4. The maximum atomic E-state index is 11.8. The highest BCUT2D eigenvalue weighted by Crippen LogP contribution is 2.82. The topological polar surface area (TPSA) is 83.9 Å². The molecule has 3 spiro atoms. The number of methoxy groups -OCH3 is 1. The van der Waals surface area contributed by atoms with Crippen LogP contribution in [0.25, 0.3) is 0 Å². The highest BCUT2D eigenvalue weighted by atomic mass is 16.7. The first kappa shape index (κ1) is 17.3. The lowest BCUT2D eigenvalue weighted by atomic mass is 9.44. The highest BCUT2D eigenvalue weighted by Gasteiger charge is 2.93. The fourth-order valence-electron chi connectivity index (χ4n) is 10.8. The van der Waals surface area contributed by atoms with E-state index in [1.165, 1.54) is 0 Å². The SMILES string of the molecule is CCN1CC23OC2CC(O)C24C1C(CC32)C12CC(OC)C3CC4C1(OCO2)C3O. The monoisotopic (exact) mass is 405 g/mol. The summed E-state index contributed by atoms with van der Waals surface area (Å²) in [5, 5.41) is 23.4. The summed E-state index contributed by atoms with van der Waals surface area (Å²) in [4.78, 5) is 2.59. The van der Waals surface area contributed by atoms with Crippen LogP contribution in [-0.2, 0) is 18.9 Å². The van der Waals surface area contributed by atoms with Gasteiger partial charge in [0.2, 0.25) is 0 Å². The molecule has 13 atom stereocenters. The van der Waals surface area contributed by atoms with E-state index >= 15 is 0 Å². The quantitative estimate of drug-likeness (QED) is 0.632. The van der Waals surface area contributed by atoms with Crippen molar-refractivity contribution in [3.63, 3.8) is 0 Å². The summed E-state index contributed by atoms with van der Waals surface area (Å²) in [6, 6.07) is 0.268. The number of likely N-dealkylation sites (tertiary alicyclic amines) is 1. The second-order valence-electron chi connectivity index (χ2n) is 11.2. The molecule has 8 aliphatic rings. The first-order valence-corrected chi connectivity index (χ1v) is 11.6. The number of likely N-dealkylation sites (N-methyl/N-ethyl adjacent to an activating group) is 1. The van der Waals surface area contributed by atoms with E-state index in [0.29, 0.717) is 5.92 Å². The van der Waals surface area contributed by atoms with Crippen molar-refractivity contribution in [2.24, 2.45) is 29.1 Å². The van der Waals surface area contributed by atoms with Gasteiger partial charge >= 0.3 is 0 Å². The van der Waals surface area contributed by atoms with Crippen molar-refractivity contribution in [2.45, 2.75) is 79.9 Å². The van der Waals surface area contributed by atoms with Gasteiger partial charge in [0.15, 0.2) is 0 Å². The van der Waals surface area contributed by atoms with Gasteiger partial charge in [-0.25, -0.2) is 0 Å². The third-order valence-electron chi connectivity index (χ3n) is 11.3. The summed E-state index contributed by atoms with van der Waals surface area (Å²) in [5.41, 5.74) is -1.61. The Morgan fingerprint density at radius 3 is 2.79 bits per heavy atom. The molecule has 5 aliphatic carbocycles. The molecule has 3 saturated heterocycles. The largest absolute Gasteiger partial charge is 0.392 e. The molecule has 2 N–H and O–H groups in total. The van der Waals surface area contributed by atoms with Crippen molar-refractivity contribution in [1.29, 1.82) is 0 Å². The lowest BCUT2D eigenvalue weighted by Crippen LogP contribution is -2.81. The van der Waals surface area contributed by atoms with Crippen LogP contribution in [0.3, 0.4) is 0 Å². The van der Waals surface area contributed by atoms with E-state index in [1.54, 1.807) is 7.11 Å². The second-order valence-corrected chi connectivity index (χ2v) is 11.2. The van der Waals surface area contributed by atoms with Crippen molar-refractivity contribution in [3.05, 3.63) is 0 Å². The van der Waals surface area contributed by atoms with Gasteiger partial charge < -0.3 is 29.2 Å². The number of aliphatic hydroxyl groups is 2. The molecule has 8 fully saturated rings. The van der Waals surface area contributed by atoms with Crippen LogP contribution < -0.4 is 0 Å². The van der Waals surface area contributed by atoms with Crippen LogP contribution >= 0.6 is 0 Å². The number of rotatable bonds is 2. The van der Waals surface area contributed by atoms with Gasteiger partial charge in [-0.2, -0.15) is 0 Å². The van der Waals surface area contributed by atoms with Gasteiger partial charge in [0.05, 0.1) is 24.4 Å². The Balaban J connectivity index is 1.43. The summed E-state index contributed by atoms with van der Waals surface area (Å²) in [5.74, 6) is 0.695. The van der Waals surface area contributed by atoms with Crippen LogP contribution in [-0.4, -0.2) is 89.4 Å². The van der Waals surface area contributed by atoms with E-state index in [0.717, 1.165) is 38.8 Å². The molecule has 0 amide bonds. The Bertz CT molecular complexity index is 810. The fraction of sp³-hybridized carbons (Fsp3) is 1.00. The number of piperidine rings is 1. The summed E-state index contributed by atoms with van der Waals surface area (Å²) in [6.45, 7) is 4.41. The molecule has 0 aromatic carbocycles. The molecule has 0 aromatic heterocycles. The molecule has 0 radical (unpaired) electrons. The van der Waals surface area contributed by atoms with Gasteiger partial charge in [-0.1, -0.05) is 6.92 Å². The van der Waals surface area contributed by atoms with Gasteiger partial charge in [-0.05, 0) is 19.4 Å². The molecule has 0 aromatic rings. The first-order chi connectivity index (χ1) is 14.0. The van der Waals surface area contributed by atoms with Crippen molar-refractivity contribution in [3.8, 4) is 0 Å². The molecule has 3 aliphatic heterocycles. The van der Waals surface area contributed by atoms with E-state index in [1.807, 2.05) is 0 Å². The molecular weight excluding hydrogens is 374 g/mol.